The molecule has 1 rings (SSSR count). The molecule has 0 heterocycles. The van der Waals surface area contributed by atoms with E-state index in [1.807, 2.05) is 24.3 Å². The molecule has 25 heavy (non-hydrogen) atoms. The van der Waals surface area contributed by atoms with Gasteiger partial charge in [-0.15, -0.1) is 0 Å². The van der Waals surface area contributed by atoms with E-state index < -0.39 is 23.7 Å². The Labute approximate surface area is 150 Å². The number of hydrogen-bond donors (Lipinski definition) is 1. The number of hydrogen-bond acceptors (Lipinski definition) is 5. The van der Waals surface area contributed by atoms with Gasteiger partial charge in [0.1, 0.15) is 17.4 Å². The van der Waals surface area contributed by atoms with Gasteiger partial charge < -0.3 is 19.5 Å². The molecule has 0 unspecified atom stereocenters. The summed E-state index contributed by atoms with van der Waals surface area (Å²) in [6.45, 7) is 5.82. The van der Waals surface area contributed by atoms with Crippen LogP contribution >= 0.6 is 0 Å². The molecule has 0 spiro atoms. The second-order valence-corrected chi connectivity index (χ2v) is 6.56. The van der Waals surface area contributed by atoms with Crippen molar-refractivity contribution in [3.05, 3.63) is 29.8 Å². The van der Waals surface area contributed by atoms with E-state index in [0.29, 0.717) is 12.9 Å². The number of carbonyl (C=O) groups excluding carboxylic acids is 2. The van der Waals surface area contributed by atoms with Crippen LogP contribution in [-0.4, -0.2) is 45.3 Å². The normalized spacial score (nSPS) is 12.2. The number of nitrogens with one attached hydrogen (secondary N) is 1. The minimum absolute atomic E-state index is 0.287. The van der Waals surface area contributed by atoms with E-state index in [-0.39, 0.29) is 6.42 Å². The highest BCUT2D eigenvalue weighted by molar-refractivity contribution is 6.08. The minimum Gasteiger partial charge on any atom is -0.494 e. The maximum absolute atomic E-state index is 11.9. The van der Waals surface area contributed by atoms with Crippen molar-refractivity contribution < 1.29 is 23.8 Å². The van der Waals surface area contributed by atoms with E-state index in [4.69, 9.17) is 22.1 Å². The molecule has 6 nitrogen and oxygen atoms in total. The summed E-state index contributed by atoms with van der Waals surface area (Å²) in [5.74, 6) is 0.195. The van der Waals surface area contributed by atoms with E-state index in [2.05, 4.69) is 5.32 Å². The molecular weight excluding hydrogens is 321 g/mol. The highest BCUT2D eigenvalue weighted by Gasteiger charge is 2.25. The first-order valence-corrected chi connectivity index (χ1v) is 8.24. The van der Waals surface area contributed by atoms with Crippen LogP contribution in [0.15, 0.2) is 24.3 Å². The van der Waals surface area contributed by atoms with E-state index in [1.54, 1.807) is 20.8 Å². The van der Waals surface area contributed by atoms with Gasteiger partial charge in [0.05, 0.1) is 21.6 Å². The van der Waals surface area contributed by atoms with Crippen LogP contribution in [0.25, 0.3) is 0 Å². The van der Waals surface area contributed by atoms with Crippen LogP contribution in [0.3, 0.4) is 0 Å². The number of rotatable bonds is 8. The molecule has 0 aliphatic heterocycles. The van der Waals surface area contributed by atoms with Gasteiger partial charge in [0, 0.05) is 6.42 Å². The molecule has 7 heteroatoms. The molecule has 0 fully saturated rings. The Bertz CT molecular complexity index is 554. The van der Waals surface area contributed by atoms with Crippen molar-refractivity contribution in [2.45, 2.75) is 51.6 Å². The molecule has 0 bridgehead atoms. The Balaban J connectivity index is 2.68. The Morgan fingerprint density at radius 2 is 1.84 bits per heavy atom. The number of amides is 1. The van der Waals surface area contributed by atoms with Gasteiger partial charge in [0.2, 0.25) is 0 Å². The van der Waals surface area contributed by atoms with E-state index >= 15 is 0 Å². The van der Waals surface area contributed by atoms with Gasteiger partial charge in [-0.25, -0.2) is 9.59 Å². The van der Waals surface area contributed by atoms with Gasteiger partial charge in [-0.3, -0.25) is 0 Å². The maximum atomic E-state index is 11.9. The number of ether oxygens (including phenoxy) is 3. The summed E-state index contributed by atoms with van der Waals surface area (Å²) >= 11 is 0. The molecule has 0 aliphatic rings. The summed E-state index contributed by atoms with van der Waals surface area (Å²) in [5.41, 5.74) is 0.213. The molecule has 2 radical (unpaired) electrons. The molecule has 0 saturated heterocycles. The molecule has 1 atom stereocenters. The summed E-state index contributed by atoms with van der Waals surface area (Å²) in [6, 6.07) is 6.47. The van der Waals surface area contributed by atoms with Crippen molar-refractivity contribution >= 4 is 19.9 Å². The van der Waals surface area contributed by atoms with Crippen molar-refractivity contribution in [1.29, 1.82) is 0 Å². The summed E-state index contributed by atoms with van der Waals surface area (Å²) < 4.78 is 15.5. The fourth-order valence-corrected chi connectivity index (χ4v) is 2.02. The van der Waals surface area contributed by atoms with E-state index in [0.717, 1.165) is 17.7 Å². The highest BCUT2D eigenvalue weighted by Crippen LogP contribution is 2.15. The van der Waals surface area contributed by atoms with Gasteiger partial charge in [0.25, 0.3) is 0 Å². The van der Waals surface area contributed by atoms with Crippen LogP contribution in [0.2, 0.25) is 6.32 Å². The molecule has 136 valence electrons. The average Bonchev–Trinajstić information content (AvgIpc) is 2.53. The van der Waals surface area contributed by atoms with Crippen LogP contribution in [-0.2, 0) is 20.7 Å². The number of benzene rings is 1. The van der Waals surface area contributed by atoms with Crippen molar-refractivity contribution in [2.24, 2.45) is 0 Å². The zero-order valence-corrected chi connectivity index (χ0v) is 15.3. The molecule has 1 amide bonds. The topological polar surface area (TPSA) is 73.9 Å². The van der Waals surface area contributed by atoms with Crippen molar-refractivity contribution in [2.75, 3.05) is 13.7 Å². The third kappa shape index (κ3) is 8.47. The zero-order chi connectivity index (χ0) is 18.9. The van der Waals surface area contributed by atoms with Gasteiger partial charge in [-0.2, -0.15) is 0 Å². The average molecular weight is 347 g/mol. The van der Waals surface area contributed by atoms with Gasteiger partial charge >= 0.3 is 12.1 Å². The van der Waals surface area contributed by atoms with Crippen LogP contribution in [0.4, 0.5) is 4.79 Å². The molecule has 0 aromatic heterocycles. The lowest BCUT2D eigenvalue weighted by Gasteiger charge is -2.22. The van der Waals surface area contributed by atoms with Crippen LogP contribution < -0.4 is 10.1 Å². The van der Waals surface area contributed by atoms with Gasteiger partial charge in [-0.05, 0) is 44.9 Å². The van der Waals surface area contributed by atoms with Gasteiger partial charge in [0.15, 0.2) is 0 Å². The number of esters is 1. The summed E-state index contributed by atoms with van der Waals surface area (Å²) in [5, 5.41) is 2.55. The predicted molar refractivity (Wildman–Crippen MR) is 96.0 cm³/mol. The third-order valence-electron chi connectivity index (χ3n) is 3.16. The predicted octanol–water partition coefficient (Wildman–Crippen LogP) is 2.65. The molecule has 0 aliphatic carbocycles. The van der Waals surface area contributed by atoms with Crippen molar-refractivity contribution in [3.8, 4) is 5.75 Å². The standard InChI is InChI=1S/C18H26BNO5/c1-18(2,3)25-17(22)20-15(16(21)23-4)12-13-6-8-14(9-7-13)24-11-5-10-19/h6-9,15H,5,10-12H2,1-4H3,(H,20,22)/t15-/m0/s1. The minimum atomic E-state index is -0.830. The smallest absolute Gasteiger partial charge is 0.408 e. The third-order valence-corrected chi connectivity index (χ3v) is 3.16. The van der Waals surface area contributed by atoms with Crippen molar-refractivity contribution in [3.63, 3.8) is 0 Å². The number of carbonyl (C=O) groups is 2. The Morgan fingerprint density at radius 1 is 1.20 bits per heavy atom. The maximum Gasteiger partial charge on any atom is 0.408 e. The lowest BCUT2D eigenvalue weighted by Crippen LogP contribution is -2.45. The summed E-state index contributed by atoms with van der Waals surface area (Å²) in [4.78, 5) is 23.8. The largest absolute Gasteiger partial charge is 0.494 e. The lowest BCUT2D eigenvalue weighted by molar-refractivity contribution is -0.143. The monoisotopic (exact) mass is 347 g/mol. The Hall–Kier alpha value is -2.18. The van der Waals surface area contributed by atoms with Crippen LogP contribution in [0, 0.1) is 0 Å². The second-order valence-electron chi connectivity index (χ2n) is 6.56. The van der Waals surface area contributed by atoms with Gasteiger partial charge in [-0.1, -0.05) is 18.5 Å². The highest BCUT2D eigenvalue weighted by atomic mass is 16.6. The van der Waals surface area contributed by atoms with E-state index in [1.165, 1.54) is 7.11 Å². The number of methoxy groups -OCH3 is 1. The van der Waals surface area contributed by atoms with Crippen LogP contribution in [0.1, 0.15) is 32.8 Å². The SMILES string of the molecule is [B]CCCOc1ccc(C[C@H](NC(=O)OC(C)(C)C)C(=O)OC)cc1. The Morgan fingerprint density at radius 3 is 2.36 bits per heavy atom. The fraction of sp³-hybridized carbons (Fsp3) is 0.556. The van der Waals surface area contributed by atoms with Crippen LogP contribution in [0.5, 0.6) is 5.75 Å². The Kier molecular flexibility index (Phi) is 8.32. The number of alkyl carbamates (subject to hydrolysis) is 1. The quantitative estimate of drug-likeness (QED) is 0.445. The molecular formula is C18H26BNO5. The lowest BCUT2D eigenvalue weighted by atomic mass is 10.0. The molecule has 1 aromatic rings. The zero-order valence-electron chi connectivity index (χ0n) is 15.3. The molecule has 1 N–H and O–H groups in total. The first kappa shape index (κ1) is 20.9. The van der Waals surface area contributed by atoms with E-state index in [9.17, 15) is 9.59 Å². The first-order valence-electron chi connectivity index (χ1n) is 8.24. The summed E-state index contributed by atoms with van der Waals surface area (Å²) in [6.07, 6.45) is 0.987. The molecule has 0 saturated carbocycles. The summed E-state index contributed by atoms with van der Waals surface area (Å²) in [7, 11) is 6.70. The van der Waals surface area contributed by atoms with Crippen molar-refractivity contribution in [1.82, 2.24) is 5.32 Å². The molecule has 1 aromatic carbocycles. The first-order chi connectivity index (χ1) is 11.7. The fourth-order valence-electron chi connectivity index (χ4n) is 2.02. The second kappa shape index (κ2) is 9.96.